The van der Waals surface area contributed by atoms with Gasteiger partial charge in [0.2, 0.25) is 0 Å². The third kappa shape index (κ3) is 6.05. The van der Waals surface area contributed by atoms with Crippen molar-refractivity contribution in [3.05, 3.63) is 106 Å². The molecule has 0 aliphatic carbocycles. The number of anilines is 2. The second-order valence-corrected chi connectivity index (χ2v) is 8.52. The molecule has 188 valence electrons. The molecule has 2 N–H and O–H groups in total. The van der Waals surface area contributed by atoms with Crippen LogP contribution in [0.1, 0.15) is 33.2 Å². The van der Waals surface area contributed by atoms with E-state index in [-0.39, 0.29) is 29.8 Å². The second kappa shape index (κ2) is 11.5. The van der Waals surface area contributed by atoms with Gasteiger partial charge in [-0.05, 0) is 61.4 Å². The van der Waals surface area contributed by atoms with Gasteiger partial charge in [0, 0.05) is 23.5 Å². The highest BCUT2D eigenvalue weighted by Crippen LogP contribution is 2.26. The van der Waals surface area contributed by atoms with Crippen molar-refractivity contribution in [1.82, 2.24) is 4.90 Å². The Morgan fingerprint density at radius 2 is 1.59 bits per heavy atom. The summed E-state index contributed by atoms with van der Waals surface area (Å²) < 4.78 is 4.98. The molecule has 0 saturated heterocycles. The maximum atomic E-state index is 12.9. The summed E-state index contributed by atoms with van der Waals surface area (Å²) in [5.74, 6) is -1.91. The first-order valence-corrected chi connectivity index (χ1v) is 12.0. The predicted octanol–water partition coefficient (Wildman–Crippen LogP) is 4.59. The quantitative estimate of drug-likeness (QED) is 0.318. The van der Waals surface area contributed by atoms with Gasteiger partial charge in [0.15, 0.2) is 0 Å². The van der Waals surface area contributed by atoms with Crippen LogP contribution in [0.2, 0.25) is 0 Å². The van der Waals surface area contributed by atoms with Crippen LogP contribution in [0.5, 0.6) is 0 Å². The molecule has 1 aliphatic heterocycles. The number of ether oxygens (including phenoxy) is 1. The molecule has 3 aromatic rings. The molecule has 9 heteroatoms. The Morgan fingerprint density at radius 3 is 2.30 bits per heavy atom. The Bertz CT molecular complexity index is 1370. The number of carbonyl (C=O) groups is 4. The van der Waals surface area contributed by atoms with Crippen molar-refractivity contribution in [2.24, 2.45) is 0 Å². The number of carbonyl (C=O) groups excluding carboxylic acids is 4. The molecule has 1 aliphatic rings. The number of rotatable bonds is 9. The van der Waals surface area contributed by atoms with E-state index in [2.05, 4.69) is 10.6 Å². The van der Waals surface area contributed by atoms with Gasteiger partial charge in [0.25, 0.3) is 17.7 Å². The maximum absolute atomic E-state index is 12.9. The van der Waals surface area contributed by atoms with Gasteiger partial charge >= 0.3 is 5.97 Å². The highest BCUT2D eigenvalue weighted by molar-refractivity contribution is 6.48. The molecule has 8 nitrogen and oxygen atoms in total. The summed E-state index contributed by atoms with van der Waals surface area (Å²) in [4.78, 5) is 51.1. The van der Waals surface area contributed by atoms with E-state index in [1.54, 1.807) is 49.4 Å². The zero-order valence-electron chi connectivity index (χ0n) is 20.0. The van der Waals surface area contributed by atoms with E-state index in [4.69, 9.17) is 16.3 Å². The van der Waals surface area contributed by atoms with Gasteiger partial charge in [-0.1, -0.05) is 48.0 Å². The highest BCUT2D eigenvalue weighted by Gasteiger charge is 2.37. The van der Waals surface area contributed by atoms with Gasteiger partial charge in [-0.3, -0.25) is 19.3 Å². The summed E-state index contributed by atoms with van der Waals surface area (Å²) in [7, 11) is 0. The Labute approximate surface area is 218 Å². The molecule has 1 heterocycles. The third-order valence-corrected chi connectivity index (χ3v) is 5.98. The average Bonchev–Trinajstić information content (AvgIpc) is 3.11. The number of benzene rings is 3. The van der Waals surface area contributed by atoms with Crippen molar-refractivity contribution in [3.8, 4) is 0 Å². The maximum Gasteiger partial charge on any atom is 0.338 e. The lowest BCUT2D eigenvalue weighted by Gasteiger charge is -2.15. The highest BCUT2D eigenvalue weighted by atomic mass is 35.5. The van der Waals surface area contributed by atoms with E-state index in [0.717, 1.165) is 10.5 Å². The number of amides is 3. The molecule has 3 aromatic carbocycles. The van der Waals surface area contributed by atoms with Crippen molar-refractivity contribution < 1.29 is 23.9 Å². The fourth-order valence-corrected chi connectivity index (χ4v) is 3.96. The zero-order valence-corrected chi connectivity index (χ0v) is 20.7. The van der Waals surface area contributed by atoms with Gasteiger partial charge in [-0.15, -0.1) is 0 Å². The van der Waals surface area contributed by atoms with Crippen molar-refractivity contribution in [3.63, 3.8) is 0 Å². The first kappa shape index (κ1) is 25.7. The van der Waals surface area contributed by atoms with Gasteiger partial charge in [-0.25, -0.2) is 4.79 Å². The minimum absolute atomic E-state index is 0.00675. The SMILES string of the molecule is CCOC(=O)c1cccc(NC(=O)c2ccc(NC3=C(Cl)C(=O)N(CCc4ccccc4)C3=O)cc2)c1. The molecule has 37 heavy (non-hydrogen) atoms. The van der Waals surface area contributed by atoms with Crippen LogP contribution >= 0.6 is 11.6 Å². The van der Waals surface area contributed by atoms with Gasteiger partial charge in [-0.2, -0.15) is 0 Å². The lowest BCUT2D eigenvalue weighted by Crippen LogP contribution is -2.34. The lowest BCUT2D eigenvalue weighted by atomic mass is 10.1. The molecule has 0 aromatic heterocycles. The molecule has 0 atom stereocenters. The number of hydrogen-bond acceptors (Lipinski definition) is 6. The lowest BCUT2D eigenvalue weighted by molar-refractivity contribution is -0.137. The monoisotopic (exact) mass is 517 g/mol. The Kier molecular flexibility index (Phi) is 8.00. The average molecular weight is 518 g/mol. The minimum Gasteiger partial charge on any atom is -0.462 e. The summed E-state index contributed by atoms with van der Waals surface area (Å²) in [6.07, 6.45) is 0.516. The van der Waals surface area contributed by atoms with E-state index in [1.807, 2.05) is 30.3 Å². The van der Waals surface area contributed by atoms with Crippen LogP contribution in [-0.2, 0) is 20.7 Å². The minimum atomic E-state index is -0.550. The largest absolute Gasteiger partial charge is 0.462 e. The number of halogens is 1. The number of nitrogens with zero attached hydrogens (tertiary/aromatic N) is 1. The molecule has 0 bridgehead atoms. The van der Waals surface area contributed by atoms with Gasteiger partial charge < -0.3 is 15.4 Å². The predicted molar refractivity (Wildman–Crippen MR) is 140 cm³/mol. The summed E-state index contributed by atoms with van der Waals surface area (Å²) in [6.45, 7) is 2.18. The first-order chi connectivity index (χ1) is 17.9. The van der Waals surface area contributed by atoms with Crippen molar-refractivity contribution in [1.29, 1.82) is 0 Å². The van der Waals surface area contributed by atoms with E-state index in [9.17, 15) is 19.2 Å². The number of esters is 1. The summed E-state index contributed by atoms with van der Waals surface area (Å²) in [5.41, 5.74) is 2.61. The smallest absolute Gasteiger partial charge is 0.338 e. The van der Waals surface area contributed by atoms with Crippen LogP contribution in [0.15, 0.2) is 89.6 Å². The number of nitrogens with one attached hydrogen (secondary N) is 2. The molecule has 3 amide bonds. The Balaban J connectivity index is 1.38. The van der Waals surface area contributed by atoms with E-state index < -0.39 is 17.8 Å². The molecule has 0 spiro atoms. The van der Waals surface area contributed by atoms with Crippen molar-refractivity contribution in [2.45, 2.75) is 13.3 Å². The molecule has 0 saturated carbocycles. The second-order valence-electron chi connectivity index (χ2n) is 8.14. The molecular formula is C28H24ClN3O5. The van der Waals surface area contributed by atoms with Crippen molar-refractivity contribution >= 4 is 46.7 Å². The van der Waals surface area contributed by atoms with Crippen LogP contribution in [0.4, 0.5) is 11.4 Å². The topological polar surface area (TPSA) is 105 Å². The van der Waals surface area contributed by atoms with Crippen LogP contribution in [-0.4, -0.2) is 41.7 Å². The van der Waals surface area contributed by atoms with E-state index in [0.29, 0.717) is 28.9 Å². The van der Waals surface area contributed by atoms with Crippen molar-refractivity contribution in [2.75, 3.05) is 23.8 Å². The number of imide groups is 1. The fourth-order valence-electron chi connectivity index (χ4n) is 3.73. The van der Waals surface area contributed by atoms with Gasteiger partial charge in [0.1, 0.15) is 10.7 Å². The van der Waals surface area contributed by atoms with Crippen LogP contribution < -0.4 is 10.6 Å². The van der Waals surface area contributed by atoms with E-state index in [1.165, 1.54) is 6.07 Å². The van der Waals surface area contributed by atoms with Crippen LogP contribution in [0.3, 0.4) is 0 Å². The van der Waals surface area contributed by atoms with Crippen LogP contribution in [0, 0.1) is 0 Å². The normalized spacial score (nSPS) is 13.1. The first-order valence-electron chi connectivity index (χ1n) is 11.6. The molecule has 0 radical (unpaired) electrons. The standard InChI is InChI=1S/C28H24ClN3O5/c1-2-37-28(36)20-9-6-10-22(17-20)31-25(33)19-11-13-21(14-12-19)30-24-23(29)26(34)32(27(24)35)16-15-18-7-4-3-5-8-18/h3-14,17,30H,2,15-16H2,1H3,(H,31,33). The molecule has 0 unspecified atom stereocenters. The molecular weight excluding hydrogens is 494 g/mol. The molecule has 0 fully saturated rings. The fraction of sp³-hybridized carbons (Fsp3) is 0.143. The third-order valence-electron chi connectivity index (χ3n) is 5.63. The Hall–Kier alpha value is -4.43. The Morgan fingerprint density at radius 1 is 0.865 bits per heavy atom. The summed E-state index contributed by atoms with van der Waals surface area (Å²) >= 11 is 6.18. The molecule has 4 rings (SSSR count). The summed E-state index contributed by atoms with van der Waals surface area (Å²) in [5, 5.41) is 5.46. The van der Waals surface area contributed by atoms with Gasteiger partial charge in [0.05, 0.1) is 12.2 Å². The zero-order chi connectivity index (χ0) is 26.4. The number of hydrogen-bond donors (Lipinski definition) is 2. The van der Waals surface area contributed by atoms with E-state index >= 15 is 0 Å². The van der Waals surface area contributed by atoms with Crippen LogP contribution in [0.25, 0.3) is 0 Å². The summed E-state index contributed by atoms with van der Waals surface area (Å²) in [6, 6.07) is 22.3.